The number of likely N-dealkylation sites (tertiary alicyclic amines) is 1. The zero-order valence-electron chi connectivity index (χ0n) is 25.0. The molecule has 0 radical (unpaired) electrons. The van der Waals surface area contributed by atoms with Gasteiger partial charge in [-0.2, -0.15) is 0 Å². The van der Waals surface area contributed by atoms with Gasteiger partial charge in [-0.3, -0.25) is 19.2 Å². The van der Waals surface area contributed by atoms with E-state index in [0.717, 1.165) is 18.4 Å². The van der Waals surface area contributed by atoms with E-state index in [2.05, 4.69) is 10.3 Å². The highest BCUT2D eigenvalue weighted by Gasteiger charge is 2.32. The van der Waals surface area contributed by atoms with E-state index < -0.39 is 36.0 Å². The molecule has 1 aromatic heterocycles. The summed E-state index contributed by atoms with van der Waals surface area (Å²) in [7, 11) is 0. The number of rotatable bonds is 12. The van der Waals surface area contributed by atoms with E-state index in [9.17, 15) is 34.2 Å². The SMILES string of the molecule is CCCCOC(=O)N1CCN(C(=O)C(CCC(=O)O)NC(=O)c2cc(OCC(=O)N3CC(O)C3)c3ccc(C)cc3n2)CC1. The van der Waals surface area contributed by atoms with E-state index >= 15 is 0 Å². The number of benzene rings is 1. The molecule has 0 spiro atoms. The van der Waals surface area contributed by atoms with Crippen molar-refractivity contribution in [3.63, 3.8) is 0 Å². The van der Waals surface area contributed by atoms with Gasteiger partial charge in [0.05, 0.1) is 18.2 Å². The minimum absolute atomic E-state index is 0.0716. The predicted octanol–water partition coefficient (Wildman–Crippen LogP) is 1.17. The van der Waals surface area contributed by atoms with Gasteiger partial charge in [0.15, 0.2) is 6.61 Å². The minimum Gasteiger partial charge on any atom is -0.483 e. The summed E-state index contributed by atoms with van der Waals surface area (Å²) in [6, 6.07) is 5.60. The molecule has 2 aliphatic heterocycles. The number of unbranched alkanes of at least 4 members (excludes halogenated alkanes) is 1. The van der Waals surface area contributed by atoms with Crippen LogP contribution in [0.4, 0.5) is 4.79 Å². The molecule has 44 heavy (non-hydrogen) atoms. The Hall–Kier alpha value is -4.46. The van der Waals surface area contributed by atoms with Crippen molar-refractivity contribution in [2.45, 2.75) is 51.7 Å². The number of nitrogens with one attached hydrogen (secondary N) is 1. The van der Waals surface area contributed by atoms with Gasteiger partial charge in [0, 0.05) is 57.1 Å². The second-order valence-electron chi connectivity index (χ2n) is 11.0. The molecule has 1 unspecified atom stereocenters. The van der Waals surface area contributed by atoms with Crippen LogP contribution in [-0.2, 0) is 19.1 Å². The van der Waals surface area contributed by atoms with E-state index in [1.54, 1.807) is 12.1 Å². The number of carboxylic acid groups (broad SMARTS) is 1. The molecule has 238 valence electrons. The van der Waals surface area contributed by atoms with Crippen LogP contribution in [0.3, 0.4) is 0 Å². The zero-order valence-corrected chi connectivity index (χ0v) is 25.0. The summed E-state index contributed by atoms with van der Waals surface area (Å²) < 4.78 is 11.0. The van der Waals surface area contributed by atoms with Gasteiger partial charge in [-0.25, -0.2) is 9.78 Å². The molecule has 2 saturated heterocycles. The summed E-state index contributed by atoms with van der Waals surface area (Å²) in [6.45, 7) is 5.24. The molecule has 0 aliphatic carbocycles. The average molecular weight is 614 g/mol. The van der Waals surface area contributed by atoms with Gasteiger partial charge in [-0.15, -0.1) is 0 Å². The standard InChI is InChI=1S/C30H39N5O9/c1-3-4-13-43-30(42)34-11-9-33(10-12-34)29(41)22(7-8-27(38)39)32-28(40)24-15-25(21-6-5-19(2)14-23(21)31-24)44-18-26(37)35-16-20(36)17-35/h5-6,14-15,20,22,36H,3-4,7-13,16-18H2,1-2H3,(H,32,40)(H,38,39). The van der Waals surface area contributed by atoms with Crippen molar-refractivity contribution < 1.29 is 43.7 Å². The lowest BCUT2D eigenvalue weighted by Crippen LogP contribution is -2.56. The number of hydrogen-bond acceptors (Lipinski definition) is 9. The van der Waals surface area contributed by atoms with Crippen LogP contribution >= 0.6 is 0 Å². The molecule has 0 saturated carbocycles. The van der Waals surface area contributed by atoms with Crippen molar-refractivity contribution in [1.29, 1.82) is 0 Å². The molecular formula is C30H39N5O9. The van der Waals surface area contributed by atoms with Crippen molar-refractivity contribution in [1.82, 2.24) is 25.0 Å². The fourth-order valence-corrected chi connectivity index (χ4v) is 4.91. The van der Waals surface area contributed by atoms with E-state index in [1.165, 1.54) is 20.8 Å². The fraction of sp³-hybridized carbons (Fsp3) is 0.533. The molecule has 1 atom stereocenters. The molecule has 2 aromatic rings. The van der Waals surface area contributed by atoms with Crippen LogP contribution in [0.5, 0.6) is 5.75 Å². The second-order valence-corrected chi connectivity index (χ2v) is 11.0. The van der Waals surface area contributed by atoms with Gasteiger partial charge >= 0.3 is 12.1 Å². The molecule has 2 aliphatic rings. The number of pyridine rings is 1. The average Bonchev–Trinajstić information content (AvgIpc) is 2.99. The number of carbonyl (C=O) groups is 5. The first-order valence-electron chi connectivity index (χ1n) is 14.8. The lowest BCUT2D eigenvalue weighted by atomic mass is 10.1. The first kappa shape index (κ1) is 32.5. The maximum atomic E-state index is 13.5. The number of amides is 4. The quantitative estimate of drug-likeness (QED) is 0.294. The number of aliphatic hydroxyl groups is 1. The predicted molar refractivity (Wildman–Crippen MR) is 157 cm³/mol. The molecule has 3 N–H and O–H groups in total. The number of aliphatic hydroxyl groups excluding tert-OH is 1. The Labute approximate surface area is 254 Å². The minimum atomic E-state index is -1.15. The van der Waals surface area contributed by atoms with Gasteiger partial charge in [0.25, 0.3) is 11.8 Å². The second kappa shape index (κ2) is 14.8. The van der Waals surface area contributed by atoms with Crippen LogP contribution in [0.25, 0.3) is 10.9 Å². The summed E-state index contributed by atoms with van der Waals surface area (Å²) in [5, 5.41) is 22.0. The maximum Gasteiger partial charge on any atom is 0.409 e. The monoisotopic (exact) mass is 613 g/mol. The number of aliphatic carboxylic acids is 1. The van der Waals surface area contributed by atoms with Crippen LogP contribution in [0.2, 0.25) is 0 Å². The molecule has 4 amide bonds. The first-order valence-corrected chi connectivity index (χ1v) is 14.8. The molecule has 14 nitrogen and oxygen atoms in total. The molecule has 0 bridgehead atoms. The largest absolute Gasteiger partial charge is 0.483 e. The smallest absolute Gasteiger partial charge is 0.409 e. The van der Waals surface area contributed by atoms with E-state index in [4.69, 9.17) is 9.47 Å². The number of ether oxygens (including phenoxy) is 2. The number of carboxylic acids is 1. The summed E-state index contributed by atoms with van der Waals surface area (Å²) in [5.41, 5.74) is 1.24. The van der Waals surface area contributed by atoms with Crippen molar-refractivity contribution in [3.05, 3.63) is 35.5 Å². The van der Waals surface area contributed by atoms with Crippen molar-refractivity contribution in [3.8, 4) is 5.75 Å². The molecule has 2 fully saturated rings. The normalized spacial score (nSPS) is 15.8. The Morgan fingerprint density at radius 1 is 1.05 bits per heavy atom. The first-order chi connectivity index (χ1) is 21.0. The molecular weight excluding hydrogens is 574 g/mol. The Bertz CT molecular complexity index is 1390. The van der Waals surface area contributed by atoms with Crippen molar-refractivity contribution in [2.75, 3.05) is 52.5 Å². The topological polar surface area (TPSA) is 179 Å². The van der Waals surface area contributed by atoms with Gasteiger partial charge in [-0.1, -0.05) is 19.4 Å². The van der Waals surface area contributed by atoms with Gasteiger partial charge < -0.3 is 39.7 Å². The number of fused-ring (bicyclic) bond motifs is 1. The van der Waals surface area contributed by atoms with Crippen LogP contribution < -0.4 is 10.1 Å². The highest BCUT2D eigenvalue weighted by Crippen LogP contribution is 2.27. The number of piperazine rings is 1. The van der Waals surface area contributed by atoms with Crippen molar-refractivity contribution in [2.24, 2.45) is 0 Å². The Morgan fingerprint density at radius 2 is 1.75 bits per heavy atom. The van der Waals surface area contributed by atoms with E-state index in [-0.39, 0.29) is 76.1 Å². The highest BCUT2D eigenvalue weighted by atomic mass is 16.6. The summed E-state index contributed by atoms with van der Waals surface area (Å²) in [4.78, 5) is 71.9. The third kappa shape index (κ3) is 8.34. The Balaban J connectivity index is 1.47. The maximum absolute atomic E-state index is 13.5. The number of hydrogen-bond donors (Lipinski definition) is 3. The van der Waals surface area contributed by atoms with Crippen LogP contribution in [0.1, 0.15) is 48.7 Å². The van der Waals surface area contributed by atoms with Gasteiger partial charge in [0.1, 0.15) is 17.5 Å². The van der Waals surface area contributed by atoms with E-state index in [0.29, 0.717) is 17.5 Å². The van der Waals surface area contributed by atoms with E-state index in [1.807, 2.05) is 19.9 Å². The molecule has 1 aromatic carbocycles. The van der Waals surface area contributed by atoms with Gasteiger partial charge in [-0.05, 0) is 37.5 Å². The number of carbonyl (C=O) groups excluding carboxylic acids is 4. The third-order valence-corrected chi connectivity index (χ3v) is 7.55. The Kier molecular flexibility index (Phi) is 10.9. The number of aryl methyl sites for hydroxylation is 1. The summed E-state index contributed by atoms with van der Waals surface area (Å²) in [6.07, 6.45) is 0.160. The summed E-state index contributed by atoms with van der Waals surface area (Å²) >= 11 is 0. The fourth-order valence-electron chi connectivity index (χ4n) is 4.91. The Morgan fingerprint density at radius 3 is 2.41 bits per heavy atom. The summed E-state index contributed by atoms with van der Waals surface area (Å²) in [5.74, 6) is -2.37. The molecule has 3 heterocycles. The molecule has 4 rings (SSSR count). The van der Waals surface area contributed by atoms with Crippen LogP contribution in [-0.4, -0.2) is 124 Å². The highest BCUT2D eigenvalue weighted by molar-refractivity contribution is 5.99. The number of nitrogens with zero attached hydrogens (tertiary/aromatic N) is 4. The van der Waals surface area contributed by atoms with Gasteiger partial charge in [0.2, 0.25) is 5.91 Å². The lowest BCUT2D eigenvalue weighted by Gasteiger charge is -2.36. The number of β-amino-alcohol motifs (C(OH)–C–C–N with tert-alkyl or cyclic N) is 1. The molecule has 14 heteroatoms. The third-order valence-electron chi connectivity index (χ3n) is 7.55. The lowest BCUT2D eigenvalue weighted by molar-refractivity contribution is -0.143. The van der Waals surface area contributed by atoms with Crippen molar-refractivity contribution >= 4 is 40.7 Å². The zero-order chi connectivity index (χ0) is 31.8. The van der Waals surface area contributed by atoms with Crippen LogP contribution in [0.15, 0.2) is 24.3 Å². The van der Waals surface area contributed by atoms with Crippen LogP contribution in [0, 0.1) is 6.92 Å². The number of aromatic nitrogens is 1.